The molecular formula is C6H9NO2. The Morgan fingerprint density at radius 2 is 2.33 bits per heavy atom. The van der Waals surface area contributed by atoms with Crippen LogP contribution in [0.4, 0.5) is 0 Å². The minimum Gasteiger partial charge on any atom is -0.453 e. The Bertz CT molecular complexity index is 143. The van der Waals surface area contributed by atoms with Gasteiger partial charge in [-0.25, -0.2) is 0 Å². The molecule has 2 N–H and O–H groups in total. The molecule has 9 heavy (non-hydrogen) atoms. The van der Waals surface area contributed by atoms with Crippen molar-refractivity contribution in [2.45, 2.75) is 6.92 Å². The monoisotopic (exact) mass is 127 g/mol. The maximum absolute atomic E-state index is 10.1. The first-order chi connectivity index (χ1) is 4.27. The number of ether oxygens (including phenoxy) is 1. The van der Waals surface area contributed by atoms with Crippen LogP contribution in [0.1, 0.15) is 6.92 Å². The zero-order chi connectivity index (χ0) is 7.11. The van der Waals surface area contributed by atoms with Crippen molar-refractivity contribution < 1.29 is 9.53 Å². The fourth-order valence-corrected chi connectivity index (χ4v) is 0.261. The van der Waals surface area contributed by atoms with Gasteiger partial charge in [-0.05, 0) is 0 Å². The molecule has 3 heteroatoms. The first-order valence-corrected chi connectivity index (χ1v) is 2.56. The largest absolute Gasteiger partial charge is 0.453 e. The first kappa shape index (κ1) is 7.99. The molecule has 0 atom stereocenters. The van der Waals surface area contributed by atoms with E-state index in [9.17, 15) is 4.79 Å². The number of hydrogen-bond donors (Lipinski definition) is 1. The lowest BCUT2D eigenvalue weighted by Gasteiger charge is -1.90. The van der Waals surface area contributed by atoms with Crippen molar-refractivity contribution in [1.29, 1.82) is 0 Å². The van der Waals surface area contributed by atoms with Gasteiger partial charge < -0.3 is 10.5 Å². The molecule has 0 saturated carbocycles. The SMILES string of the molecule is CC(=O)OCC#CCN. The molecule has 0 aromatic heterocycles. The molecule has 0 heterocycles. The lowest BCUT2D eigenvalue weighted by molar-refractivity contribution is -0.139. The van der Waals surface area contributed by atoms with E-state index < -0.39 is 0 Å². The van der Waals surface area contributed by atoms with E-state index in [0.717, 1.165) is 0 Å². The number of carbonyl (C=O) groups excluding carboxylic acids is 1. The highest BCUT2D eigenvalue weighted by Gasteiger charge is 1.84. The van der Waals surface area contributed by atoms with Gasteiger partial charge >= 0.3 is 5.97 Å². The van der Waals surface area contributed by atoms with Crippen LogP contribution in [0.2, 0.25) is 0 Å². The van der Waals surface area contributed by atoms with E-state index in [1.54, 1.807) is 0 Å². The zero-order valence-corrected chi connectivity index (χ0v) is 5.31. The number of rotatable bonds is 1. The predicted molar refractivity (Wildman–Crippen MR) is 33.5 cm³/mol. The summed E-state index contributed by atoms with van der Waals surface area (Å²) < 4.78 is 4.48. The Morgan fingerprint density at radius 1 is 1.67 bits per heavy atom. The molecule has 0 unspecified atom stereocenters. The molecule has 0 radical (unpaired) electrons. The normalized spacial score (nSPS) is 7.33. The highest BCUT2D eigenvalue weighted by Crippen LogP contribution is 1.71. The Morgan fingerprint density at radius 3 is 2.78 bits per heavy atom. The second-order valence-corrected chi connectivity index (χ2v) is 1.34. The highest BCUT2D eigenvalue weighted by molar-refractivity contribution is 5.66. The second kappa shape index (κ2) is 5.13. The summed E-state index contributed by atoms with van der Waals surface area (Å²) in [5.74, 6) is 4.78. The van der Waals surface area contributed by atoms with E-state index >= 15 is 0 Å². The molecule has 0 fully saturated rings. The summed E-state index contributed by atoms with van der Waals surface area (Å²) in [6.45, 7) is 1.79. The van der Waals surface area contributed by atoms with Crippen molar-refractivity contribution in [3.8, 4) is 11.8 Å². The summed E-state index contributed by atoms with van der Waals surface area (Å²) in [5, 5.41) is 0. The molecule has 0 rings (SSSR count). The van der Waals surface area contributed by atoms with Gasteiger partial charge in [-0.2, -0.15) is 0 Å². The number of carbonyl (C=O) groups is 1. The zero-order valence-electron chi connectivity index (χ0n) is 5.31. The summed E-state index contributed by atoms with van der Waals surface area (Å²) in [4.78, 5) is 10.1. The van der Waals surface area contributed by atoms with Gasteiger partial charge in [-0.1, -0.05) is 11.8 Å². The van der Waals surface area contributed by atoms with E-state index in [1.807, 2.05) is 0 Å². The topological polar surface area (TPSA) is 52.3 Å². The van der Waals surface area contributed by atoms with Gasteiger partial charge in [-0.15, -0.1) is 0 Å². The molecule has 50 valence electrons. The first-order valence-electron chi connectivity index (χ1n) is 2.56. The van der Waals surface area contributed by atoms with Crippen LogP contribution in [0.25, 0.3) is 0 Å². The maximum atomic E-state index is 10.1. The van der Waals surface area contributed by atoms with Gasteiger partial charge in [-0.3, -0.25) is 4.79 Å². The van der Waals surface area contributed by atoms with Gasteiger partial charge in [0, 0.05) is 6.92 Å². The van der Waals surface area contributed by atoms with Gasteiger partial charge in [0.05, 0.1) is 6.54 Å². The van der Waals surface area contributed by atoms with Crippen LogP contribution < -0.4 is 5.73 Å². The Kier molecular flexibility index (Phi) is 4.56. The average Bonchev–Trinajstić information content (AvgIpc) is 1.80. The summed E-state index contributed by atoms with van der Waals surface area (Å²) >= 11 is 0. The van der Waals surface area contributed by atoms with Crippen molar-refractivity contribution in [1.82, 2.24) is 0 Å². The summed E-state index contributed by atoms with van der Waals surface area (Å²) in [5.41, 5.74) is 5.03. The van der Waals surface area contributed by atoms with Gasteiger partial charge in [0.1, 0.15) is 0 Å². The van der Waals surface area contributed by atoms with Crippen molar-refractivity contribution in [3.63, 3.8) is 0 Å². The quantitative estimate of drug-likeness (QED) is 0.382. The van der Waals surface area contributed by atoms with E-state index in [-0.39, 0.29) is 12.6 Å². The van der Waals surface area contributed by atoms with Crippen LogP contribution in [0, 0.1) is 11.8 Å². The van der Waals surface area contributed by atoms with Gasteiger partial charge in [0.15, 0.2) is 6.61 Å². The summed E-state index contributed by atoms with van der Waals surface area (Å²) in [7, 11) is 0. The van der Waals surface area contributed by atoms with Gasteiger partial charge in [0.25, 0.3) is 0 Å². The predicted octanol–water partition coefficient (Wildman–Crippen LogP) is -0.488. The molecule has 0 aliphatic carbocycles. The van der Waals surface area contributed by atoms with Crippen molar-refractivity contribution in [2.75, 3.05) is 13.2 Å². The van der Waals surface area contributed by atoms with Crippen LogP contribution in [0.5, 0.6) is 0 Å². The molecule has 0 bridgehead atoms. The third-order valence-corrected chi connectivity index (χ3v) is 0.575. The van der Waals surface area contributed by atoms with Crippen LogP contribution in [0.3, 0.4) is 0 Å². The molecule has 0 spiro atoms. The molecule has 0 aromatic rings. The minimum absolute atomic E-state index is 0.145. The molecule has 0 aliphatic heterocycles. The fraction of sp³-hybridized carbons (Fsp3) is 0.500. The van der Waals surface area contributed by atoms with E-state index in [1.165, 1.54) is 6.92 Å². The van der Waals surface area contributed by atoms with Crippen LogP contribution in [-0.4, -0.2) is 19.1 Å². The lowest BCUT2D eigenvalue weighted by atomic mass is 10.6. The number of hydrogen-bond acceptors (Lipinski definition) is 3. The van der Waals surface area contributed by atoms with Crippen LogP contribution in [-0.2, 0) is 9.53 Å². The van der Waals surface area contributed by atoms with Crippen molar-refractivity contribution >= 4 is 5.97 Å². The Hall–Kier alpha value is -1.01. The standard InChI is InChI=1S/C6H9NO2/c1-6(8)9-5-3-2-4-7/h4-5,7H2,1H3. The Labute approximate surface area is 54.2 Å². The summed E-state index contributed by atoms with van der Waals surface area (Å²) in [6.07, 6.45) is 0. The molecule has 0 saturated heterocycles. The van der Waals surface area contributed by atoms with Crippen molar-refractivity contribution in [2.24, 2.45) is 5.73 Å². The molecular weight excluding hydrogens is 118 g/mol. The van der Waals surface area contributed by atoms with Crippen LogP contribution >= 0.6 is 0 Å². The maximum Gasteiger partial charge on any atom is 0.303 e. The molecule has 0 amide bonds. The molecule has 0 aromatic carbocycles. The van der Waals surface area contributed by atoms with Crippen LogP contribution in [0.15, 0.2) is 0 Å². The smallest absolute Gasteiger partial charge is 0.303 e. The second-order valence-electron chi connectivity index (χ2n) is 1.34. The third kappa shape index (κ3) is 6.99. The van der Waals surface area contributed by atoms with Gasteiger partial charge in [0.2, 0.25) is 0 Å². The molecule has 0 aliphatic rings. The van der Waals surface area contributed by atoms with E-state index in [2.05, 4.69) is 16.6 Å². The fourth-order valence-electron chi connectivity index (χ4n) is 0.261. The average molecular weight is 127 g/mol. The lowest BCUT2D eigenvalue weighted by Crippen LogP contribution is -1.99. The molecule has 3 nitrogen and oxygen atoms in total. The number of esters is 1. The Balaban J connectivity index is 3.19. The summed E-state index contributed by atoms with van der Waals surface area (Å²) in [6, 6.07) is 0. The highest BCUT2D eigenvalue weighted by atomic mass is 16.5. The van der Waals surface area contributed by atoms with Crippen molar-refractivity contribution in [3.05, 3.63) is 0 Å². The van der Waals surface area contributed by atoms with E-state index in [4.69, 9.17) is 5.73 Å². The van der Waals surface area contributed by atoms with E-state index in [0.29, 0.717) is 6.54 Å². The third-order valence-electron chi connectivity index (χ3n) is 0.575. The number of nitrogens with two attached hydrogens (primary N) is 1. The minimum atomic E-state index is -0.318.